The van der Waals surface area contributed by atoms with E-state index < -0.39 is 0 Å². The quantitative estimate of drug-likeness (QED) is 0.774. The second-order valence-electron chi connectivity index (χ2n) is 5.78. The van der Waals surface area contributed by atoms with Gasteiger partial charge in [0.1, 0.15) is 0 Å². The van der Waals surface area contributed by atoms with Crippen LogP contribution in [0.3, 0.4) is 0 Å². The first-order valence-electron chi connectivity index (χ1n) is 7.20. The lowest BCUT2D eigenvalue weighted by Gasteiger charge is -2.25. The van der Waals surface area contributed by atoms with Crippen molar-refractivity contribution in [2.24, 2.45) is 11.8 Å². The zero-order valence-corrected chi connectivity index (χ0v) is 14.2. The Morgan fingerprint density at radius 1 is 1.20 bits per heavy atom. The van der Waals surface area contributed by atoms with Crippen LogP contribution in [0.1, 0.15) is 42.5 Å². The summed E-state index contributed by atoms with van der Waals surface area (Å²) >= 11 is 9.64. The van der Waals surface area contributed by atoms with Gasteiger partial charge in [-0.05, 0) is 48.3 Å². The Morgan fingerprint density at radius 2 is 2.05 bits per heavy atom. The minimum Gasteiger partial charge on any atom is -0.302 e. The normalized spacial score (nSPS) is 27.9. The first-order chi connectivity index (χ1) is 9.65. The summed E-state index contributed by atoms with van der Waals surface area (Å²) < 4.78 is 0.871. The number of thiophene rings is 2. The van der Waals surface area contributed by atoms with Gasteiger partial charge in [0.25, 0.3) is 0 Å². The Hall–Kier alpha value is -0.350. The summed E-state index contributed by atoms with van der Waals surface area (Å²) in [6.45, 7) is 4.75. The highest BCUT2D eigenvalue weighted by molar-refractivity contribution is 7.16. The van der Waals surface area contributed by atoms with E-state index in [1.165, 1.54) is 22.6 Å². The molecule has 2 aromatic heterocycles. The molecule has 0 radical (unpaired) electrons. The van der Waals surface area contributed by atoms with E-state index in [1.807, 2.05) is 17.4 Å². The van der Waals surface area contributed by atoms with Gasteiger partial charge in [0, 0.05) is 15.8 Å². The molecule has 0 spiro atoms. The summed E-state index contributed by atoms with van der Waals surface area (Å²) in [5.41, 5.74) is 0. The molecule has 2 heterocycles. The first-order valence-corrected chi connectivity index (χ1v) is 9.27. The summed E-state index contributed by atoms with van der Waals surface area (Å²) in [6.07, 6.45) is 2.62. The van der Waals surface area contributed by atoms with Crippen LogP contribution in [-0.2, 0) is 0 Å². The van der Waals surface area contributed by atoms with Crippen molar-refractivity contribution in [3.63, 3.8) is 0 Å². The number of halogens is 1. The molecule has 0 saturated heterocycles. The minimum atomic E-state index is 0.297. The highest BCUT2D eigenvalue weighted by Gasteiger charge is 2.32. The van der Waals surface area contributed by atoms with Gasteiger partial charge >= 0.3 is 0 Å². The van der Waals surface area contributed by atoms with Crippen LogP contribution in [0, 0.1) is 11.8 Å². The molecule has 108 valence electrons. The molecule has 4 atom stereocenters. The molecule has 0 amide bonds. The molecule has 2 aromatic rings. The highest BCUT2D eigenvalue weighted by Crippen LogP contribution is 2.37. The lowest BCUT2D eigenvalue weighted by molar-refractivity contribution is 0.356. The molecule has 4 heteroatoms. The Bertz CT molecular complexity index is 549. The van der Waals surface area contributed by atoms with E-state index in [0.29, 0.717) is 12.1 Å². The lowest BCUT2D eigenvalue weighted by Crippen LogP contribution is -2.35. The average Bonchev–Trinajstić information content (AvgIpc) is 3.14. The molecule has 3 rings (SSSR count). The summed E-state index contributed by atoms with van der Waals surface area (Å²) in [4.78, 5) is 2.71. The third-order valence-corrected chi connectivity index (χ3v) is 6.79. The molecular formula is C16H20ClNS2. The molecule has 1 aliphatic carbocycles. The zero-order valence-electron chi connectivity index (χ0n) is 11.8. The Labute approximate surface area is 134 Å². The predicted molar refractivity (Wildman–Crippen MR) is 90.0 cm³/mol. The van der Waals surface area contributed by atoms with Crippen LogP contribution in [0.2, 0.25) is 4.34 Å². The van der Waals surface area contributed by atoms with E-state index in [-0.39, 0.29) is 0 Å². The molecular weight excluding hydrogens is 306 g/mol. The number of nitrogens with one attached hydrogen (secondary N) is 1. The van der Waals surface area contributed by atoms with Crippen molar-refractivity contribution in [1.29, 1.82) is 0 Å². The van der Waals surface area contributed by atoms with E-state index in [4.69, 9.17) is 11.6 Å². The van der Waals surface area contributed by atoms with Crippen LogP contribution in [0.25, 0.3) is 0 Å². The van der Waals surface area contributed by atoms with E-state index in [1.54, 1.807) is 11.3 Å². The topological polar surface area (TPSA) is 12.0 Å². The molecule has 0 aromatic carbocycles. The number of rotatable bonds is 4. The second kappa shape index (κ2) is 6.18. The predicted octanol–water partition coefficient (Wildman–Crippen LogP) is 5.58. The molecule has 0 bridgehead atoms. The van der Waals surface area contributed by atoms with Crippen molar-refractivity contribution in [3.05, 3.63) is 43.7 Å². The van der Waals surface area contributed by atoms with Gasteiger partial charge in [-0.1, -0.05) is 31.5 Å². The van der Waals surface area contributed by atoms with Gasteiger partial charge in [-0.25, -0.2) is 0 Å². The van der Waals surface area contributed by atoms with E-state index in [2.05, 4.69) is 42.7 Å². The summed E-state index contributed by atoms with van der Waals surface area (Å²) in [7, 11) is 0. The molecule has 1 saturated carbocycles. The molecule has 0 aliphatic heterocycles. The molecule has 1 nitrogen and oxygen atoms in total. The van der Waals surface area contributed by atoms with Crippen LogP contribution in [-0.4, -0.2) is 6.04 Å². The van der Waals surface area contributed by atoms with Crippen LogP contribution in [0.15, 0.2) is 29.6 Å². The van der Waals surface area contributed by atoms with Crippen LogP contribution in [0.5, 0.6) is 0 Å². The number of hydrogen-bond donors (Lipinski definition) is 1. The summed E-state index contributed by atoms with van der Waals surface area (Å²) in [5, 5.41) is 6.04. The maximum absolute atomic E-state index is 6.13. The number of hydrogen-bond acceptors (Lipinski definition) is 3. The Kier molecular flexibility index (Phi) is 4.51. The van der Waals surface area contributed by atoms with Crippen molar-refractivity contribution in [2.75, 3.05) is 0 Å². The van der Waals surface area contributed by atoms with Crippen LogP contribution < -0.4 is 5.32 Å². The molecule has 1 N–H and O–H groups in total. The largest absolute Gasteiger partial charge is 0.302 e. The van der Waals surface area contributed by atoms with Crippen molar-refractivity contribution in [3.8, 4) is 0 Å². The molecule has 1 aliphatic rings. The smallest absolute Gasteiger partial charge is 0.0931 e. The fraction of sp³-hybridized carbons (Fsp3) is 0.500. The zero-order chi connectivity index (χ0) is 14.1. The van der Waals surface area contributed by atoms with Gasteiger partial charge in [0.2, 0.25) is 0 Å². The van der Waals surface area contributed by atoms with E-state index >= 15 is 0 Å². The van der Waals surface area contributed by atoms with Crippen LogP contribution in [0.4, 0.5) is 0 Å². The fourth-order valence-corrected chi connectivity index (χ4v) is 5.07. The second-order valence-corrected chi connectivity index (χ2v) is 8.50. The van der Waals surface area contributed by atoms with Gasteiger partial charge in [-0.2, -0.15) is 0 Å². The van der Waals surface area contributed by atoms with Crippen molar-refractivity contribution in [1.82, 2.24) is 5.32 Å². The third-order valence-electron chi connectivity index (χ3n) is 4.55. The van der Waals surface area contributed by atoms with Gasteiger partial charge in [0.05, 0.1) is 10.4 Å². The molecule has 1 fully saturated rings. The third kappa shape index (κ3) is 2.96. The van der Waals surface area contributed by atoms with Crippen molar-refractivity contribution in [2.45, 2.75) is 38.8 Å². The first kappa shape index (κ1) is 14.6. The minimum absolute atomic E-state index is 0.297. The van der Waals surface area contributed by atoms with Gasteiger partial charge < -0.3 is 5.32 Å². The lowest BCUT2D eigenvalue weighted by atomic mass is 9.97. The Balaban J connectivity index is 1.83. The van der Waals surface area contributed by atoms with Gasteiger partial charge in [-0.15, -0.1) is 22.7 Å². The van der Waals surface area contributed by atoms with E-state index in [0.717, 1.165) is 16.2 Å². The monoisotopic (exact) mass is 325 g/mol. The maximum Gasteiger partial charge on any atom is 0.0931 e. The van der Waals surface area contributed by atoms with E-state index in [9.17, 15) is 0 Å². The maximum atomic E-state index is 6.13. The van der Waals surface area contributed by atoms with Crippen molar-refractivity contribution >= 4 is 34.3 Å². The molecule has 20 heavy (non-hydrogen) atoms. The Morgan fingerprint density at radius 3 is 2.60 bits per heavy atom. The average molecular weight is 326 g/mol. The van der Waals surface area contributed by atoms with Crippen molar-refractivity contribution < 1.29 is 0 Å². The van der Waals surface area contributed by atoms with Gasteiger partial charge in [-0.3, -0.25) is 0 Å². The van der Waals surface area contributed by atoms with Gasteiger partial charge in [0.15, 0.2) is 0 Å². The molecule has 4 unspecified atom stereocenters. The fourth-order valence-electron chi connectivity index (χ4n) is 3.06. The summed E-state index contributed by atoms with van der Waals surface area (Å²) in [6, 6.07) is 9.42. The SMILES string of the molecule is CC1CCC(NC(c2cccs2)c2ccc(Cl)s2)C1C. The van der Waals surface area contributed by atoms with Crippen LogP contribution >= 0.6 is 34.3 Å². The summed E-state index contributed by atoms with van der Waals surface area (Å²) in [5.74, 6) is 1.57. The highest BCUT2D eigenvalue weighted by atomic mass is 35.5. The standard InChI is InChI=1S/C16H20ClNS2/c1-10-5-6-12(11(10)2)18-16(13-4-3-9-19-13)14-7-8-15(17)20-14/h3-4,7-12,16,18H,5-6H2,1-2H3.